The van der Waals surface area contributed by atoms with Crippen molar-refractivity contribution in [1.82, 2.24) is 15.0 Å². The maximum atomic E-state index is 5.55. The number of ether oxygens (including phenoxy) is 1. The first-order chi connectivity index (χ1) is 7.78. The van der Waals surface area contributed by atoms with E-state index in [0.29, 0.717) is 12.0 Å². The molecule has 0 bridgehead atoms. The van der Waals surface area contributed by atoms with Crippen molar-refractivity contribution in [2.75, 3.05) is 29.7 Å². The number of hydrogen-bond donors (Lipinski definition) is 2. The molecule has 2 rings (SSSR count). The fourth-order valence-electron chi connectivity index (χ4n) is 1.57. The van der Waals surface area contributed by atoms with Gasteiger partial charge in [-0.25, -0.2) is 0 Å². The average Bonchev–Trinajstić information content (AvgIpc) is 2.29. The molecular formula is C9H15N5OS. The normalized spacial score (nSPS) is 20.4. The zero-order valence-corrected chi connectivity index (χ0v) is 9.96. The summed E-state index contributed by atoms with van der Waals surface area (Å²) >= 11 is 1.94. The van der Waals surface area contributed by atoms with Crippen LogP contribution in [0.4, 0.5) is 11.9 Å². The molecule has 6 nitrogen and oxygen atoms in total. The van der Waals surface area contributed by atoms with Crippen molar-refractivity contribution in [1.29, 1.82) is 0 Å². The summed E-state index contributed by atoms with van der Waals surface area (Å²) in [4.78, 5) is 12.0. The number of nitrogen functional groups attached to an aromatic ring is 1. The third kappa shape index (κ3) is 2.88. The third-order valence-electron chi connectivity index (χ3n) is 2.31. The summed E-state index contributed by atoms with van der Waals surface area (Å²) in [5, 5.41) is 3.25. The van der Waals surface area contributed by atoms with Crippen molar-refractivity contribution in [3.8, 4) is 6.01 Å². The SMILES string of the molecule is COc1nc(N)nc(NC2CCCSC2)n1. The highest BCUT2D eigenvalue weighted by Gasteiger charge is 2.15. The van der Waals surface area contributed by atoms with E-state index in [4.69, 9.17) is 10.5 Å². The predicted octanol–water partition coefficient (Wildman–Crippen LogP) is 0.770. The van der Waals surface area contributed by atoms with E-state index in [9.17, 15) is 0 Å². The fraction of sp³-hybridized carbons (Fsp3) is 0.667. The van der Waals surface area contributed by atoms with Gasteiger partial charge < -0.3 is 15.8 Å². The highest BCUT2D eigenvalue weighted by molar-refractivity contribution is 7.99. The first-order valence-corrected chi connectivity index (χ1v) is 6.33. The summed E-state index contributed by atoms with van der Waals surface area (Å²) in [5.74, 6) is 2.99. The minimum Gasteiger partial charge on any atom is -0.467 e. The predicted molar refractivity (Wildman–Crippen MR) is 64.8 cm³/mol. The Bertz CT molecular complexity index is 356. The Hall–Kier alpha value is -1.24. The maximum Gasteiger partial charge on any atom is 0.322 e. The number of aromatic nitrogens is 3. The summed E-state index contributed by atoms with van der Waals surface area (Å²) in [6.07, 6.45) is 2.36. The molecule has 1 aromatic rings. The monoisotopic (exact) mass is 241 g/mol. The number of hydrogen-bond acceptors (Lipinski definition) is 7. The quantitative estimate of drug-likeness (QED) is 0.808. The van der Waals surface area contributed by atoms with E-state index in [1.807, 2.05) is 11.8 Å². The van der Waals surface area contributed by atoms with Crippen LogP contribution in [0.15, 0.2) is 0 Å². The molecule has 1 aromatic heterocycles. The minimum atomic E-state index is 0.179. The largest absolute Gasteiger partial charge is 0.467 e. The number of methoxy groups -OCH3 is 1. The lowest BCUT2D eigenvalue weighted by Gasteiger charge is -2.22. The second-order valence-corrected chi connectivity index (χ2v) is 4.71. The second-order valence-electron chi connectivity index (χ2n) is 3.56. The van der Waals surface area contributed by atoms with E-state index in [-0.39, 0.29) is 12.0 Å². The highest BCUT2D eigenvalue weighted by atomic mass is 32.2. The number of nitrogens with one attached hydrogen (secondary N) is 1. The molecule has 1 saturated heterocycles. The van der Waals surface area contributed by atoms with Gasteiger partial charge in [0.2, 0.25) is 11.9 Å². The van der Waals surface area contributed by atoms with Crippen LogP contribution in [-0.2, 0) is 0 Å². The lowest BCUT2D eigenvalue weighted by Crippen LogP contribution is -2.27. The molecule has 0 aromatic carbocycles. The van der Waals surface area contributed by atoms with Gasteiger partial charge in [0.1, 0.15) is 0 Å². The molecule has 88 valence electrons. The Morgan fingerprint density at radius 1 is 1.44 bits per heavy atom. The van der Waals surface area contributed by atoms with Crippen LogP contribution in [0, 0.1) is 0 Å². The molecule has 2 heterocycles. The number of thioether (sulfide) groups is 1. The second kappa shape index (κ2) is 5.20. The first-order valence-electron chi connectivity index (χ1n) is 5.18. The van der Waals surface area contributed by atoms with Crippen LogP contribution >= 0.6 is 11.8 Å². The lowest BCUT2D eigenvalue weighted by atomic mass is 10.2. The summed E-state index contributed by atoms with van der Waals surface area (Å²) in [5.41, 5.74) is 5.55. The summed E-state index contributed by atoms with van der Waals surface area (Å²) in [7, 11) is 1.51. The van der Waals surface area contributed by atoms with E-state index < -0.39 is 0 Å². The van der Waals surface area contributed by atoms with Gasteiger partial charge >= 0.3 is 6.01 Å². The van der Waals surface area contributed by atoms with E-state index in [0.717, 1.165) is 12.2 Å². The van der Waals surface area contributed by atoms with Crippen molar-refractivity contribution >= 4 is 23.7 Å². The van der Waals surface area contributed by atoms with Gasteiger partial charge in [-0.05, 0) is 18.6 Å². The highest BCUT2D eigenvalue weighted by Crippen LogP contribution is 2.20. The van der Waals surface area contributed by atoms with Crippen LogP contribution < -0.4 is 15.8 Å². The van der Waals surface area contributed by atoms with Gasteiger partial charge in [0.25, 0.3) is 0 Å². The molecule has 0 spiro atoms. The smallest absolute Gasteiger partial charge is 0.322 e. The molecule has 16 heavy (non-hydrogen) atoms. The molecule has 0 aliphatic carbocycles. The van der Waals surface area contributed by atoms with Crippen molar-refractivity contribution in [2.45, 2.75) is 18.9 Å². The molecule has 1 atom stereocenters. The lowest BCUT2D eigenvalue weighted by molar-refractivity contribution is 0.379. The number of anilines is 2. The fourth-order valence-corrected chi connectivity index (χ4v) is 2.64. The van der Waals surface area contributed by atoms with E-state index >= 15 is 0 Å². The summed E-state index contributed by atoms with van der Waals surface area (Å²) in [6.45, 7) is 0. The van der Waals surface area contributed by atoms with Crippen LogP contribution in [0.3, 0.4) is 0 Å². The third-order valence-corrected chi connectivity index (χ3v) is 3.52. The molecule has 0 radical (unpaired) electrons. The van der Waals surface area contributed by atoms with Crippen LogP contribution in [0.1, 0.15) is 12.8 Å². The molecule has 1 aliphatic rings. The molecule has 1 fully saturated rings. The Morgan fingerprint density at radius 2 is 2.31 bits per heavy atom. The van der Waals surface area contributed by atoms with E-state index in [1.165, 1.54) is 19.3 Å². The Labute approximate surface area is 98.4 Å². The van der Waals surface area contributed by atoms with Gasteiger partial charge in [0.15, 0.2) is 0 Å². The van der Waals surface area contributed by atoms with Crippen molar-refractivity contribution < 1.29 is 4.74 Å². The van der Waals surface area contributed by atoms with Crippen molar-refractivity contribution in [2.24, 2.45) is 0 Å². The zero-order chi connectivity index (χ0) is 11.4. The summed E-state index contributed by atoms with van der Waals surface area (Å²) < 4.78 is 4.94. The van der Waals surface area contributed by atoms with Gasteiger partial charge in [0, 0.05) is 11.8 Å². The number of rotatable bonds is 3. The zero-order valence-electron chi connectivity index (χ0n) is 9.14. The number of nitrogens with two attached hydrogens (primary N) is 1. The topological polar surface area (TPSA) is 86.0 Å². The molecular weight excluding hydrogens is 226 g/mol. The van der Waals surface area contributed by atoms with Gasteiger partial charge in [-0.2, -0.15) is 26.7 Å². The van der Waals surface area contributed by atoms with Gasteiger partial charge in [-0.3, -0.25) is 0 Å². The molecule has 7 heteroatoms. The van der Waals surface area contributed by atoms with Crippen LogP contribution in [0.5, 0.6) is 6.01 Å². The molecule has 1 unspecified atom stereocenters. The minimum absolute atomic E-state index is 0.179. The van der Waals surface area contributed by atoms with Crippen LogP contribution in [-0.4, -0.2) is 39.6 Å². The molecule has 0 amide bonds. The molecule has 1 aliphatic heterocycles. The van der Waals surface area contributed by atoms with Crippen molar-refractivity contribution in [3.63, 3.8) is 0 Å². The Kier molecular flexibility index (Phi) is 3.66. The molecule has 0 saturated carbocycles. The van der Waals surface area contributed by atoms with Gasteiger partial charge in [-0.15, -0.1) is 0 Å². The number of nitrogens with zero attached hydrogens (tertiary/aromatic N) is 3. The molecule has 3 N–H and O–H groups in total. The Morgan fingerprint density at radius 3 is 3.00 bits per heavy atom. The average molecular weight is 241 g/mol. The first kappa shape index (κ1) is 11.3. The van der Waals surface area contributed by atoms with E-state index in [2.05, 4.69) is 20.3 Å². The Balaban J connectivity index is 2.04. The van der Waals surface area contributed by atoms with Crippen LogP contribution in [0.25, 0.3) is 0 Å². The summed E-state index contributed by atoms with van der Waals surface area (Å²) in [6, 6.07) is 0.656. The van der Waals surface area contributed by atoms with Gasteiger partial charge in [-0.1, -0.05) is 0 Å². The van der Waals surface area contributed by atoms with Crippen molar-refractivity contribution in [3.05, 3.63) is 0 Å². The standard InChI is InChI=1S/C9H15N5OS/c1-15-9-13-7(10)12-8(14-9)11-6-3-2-4-16-5-6/h6H,2-5H2,1H3,(H3,10,11,12,13,14). The maximum absolute atomic E-state index is 5.55. The van der Waals surface area contributed by atoms with E-state index in [1.54, 1.807) is 0 Å². The van der Waals surface area contributed by atoms with Crippen LogP contribution in [0.2, 0.25) is 0 Å². The van der Waals surface area contributed by atoms with Gasteiger partial charge in [0.05, 0.1) is 7.11 Å².